The van der Waals surface area contributed by atoms with Crippen molar-refractivity contribution >= 4 is 29.9 Å². The molecular formula is C20H26IN3O2. The number of hydrogen-bond acceptors (Lipinski definition) is 3. The first-order chi connectivity index (χ1) is 12.1. The van der Waals surface area contributed by atoms with E-state index in [0.29, 0.717) is 25.7 Å². The van der Waals surface area contributed by atoms with Gasteiger partial charge in [0, 0.05) is 12.0 Å². The van der Waals surface area contributed by atoms with Crippen LogP contribution < -0.4 is 20.5 Å². The van der Waals surface area contributed by atoms with Crippen LogP contribution in [0.2, 0.25) is 0 Å². The van der Waals surface area contributed by atoms with Crippen LogP contribution >= 0.6 is 24.0 Å². The molecule has 3 N–H and O–H groups in total. The highest BCUT2D eigenvalue weighted by Gasteiger charge is 2.21. The van der Waals surface area contributed by atoms with Crippen LogP contribution in [0.25, 0.3) is 0 Å². The topological polar surface area (TPSA) is 68.9 Å². The zero-order valence-electron chi connectivity index (χ0n) is 15.2. The molecule has 2 aromatic carbocycles. The fraction of sp³-hybridized carbons (Fsp3) is 0.350. The number of guanidine groups is 1. The summed E-state index contributed by atoms with van der Waals surface area (Å²) in [4.78, 5) is 4.37. The molecular weight excluding hydrogens is 441 g/mol. The van der Waals surface area contributed by atoms with E-state index >= 15 is 0 Å². The molecule has 0 spiro atoms. The highest BCUT2D eigenvalue weighted by molar-refractivity contribution is 14.0. The Morgan fingerprint density at radius 2 is 1.96 bits per heavy atom. The van der Waals surface area contributed by atoms with Gasteiger partial charge in [0.1, 0.15) is 18.1 Å². The van der Waals surface area contributed by atoms with E-state index in [-0.39, 0.29) is 30.0 Å². The minimum absolute atomic E-state index is 0. The summed E-state index contributed by atoms with van der Waals surface area (Å²) in [6.45, 7) is 5.81. The van der Waals surface area contributed by atoms with Gasteiger partial charge in [-0.3, -0.25) is 0 Å². The molecule has 5 nitrogen and oxygen atoms in total. The maximum Gasteiger partial charge on any atom is 0.189 e. The van der Waals surface area contributed by atoms with Crippen molar-refractivity contribution in [1.29, 1.82) is 0 Å². The lowest BCUT2D eigenvalue weighted by molar-refractivity contribution is 0.262. The summed E-state index contributed by atoms with van der Waals surface area (Å²) in [6.07, 6.45) is 0.867. The lowest BCUT2D eigenvalue weighted by Crippen LogP contribution is -2.37. The Bertz CT molecular complexity index is 744. The molecule has 1 aliphatic heterocycles. The first kappa shape index (κ1) is 20.4. The molecule has 0 bridgehead atoms. The Balaban J connectivity index is 0.00000243. The molecule has 26 heavy (non-hydrogen) atoms. The van der Waals surface area contributed by atoms with Gasteiger partial charge in [0.2, 0.25) is 0 Å². The van der Waals surface area contributed by atoms with Crippen LogP contribution in [0.1, 0.15) is 29.2 Å². The summed E-state index contributed by atoms with van der Waals surface area (Å²) in [5, 5.41) is 3.28. The van der Waals surface area contributed by atoms with Gasteiger partial charge in [0.15, 0.2) is 5.96 Å². The van der Waals surface area contributed by atoms with Crippen molar-refractivity contribution in [3.63, 3.8) is 0 Å². The van der Waals surface area contributed by atoms with Crippen LogP contribution in [-0.4, -0.2) is 25.7 Å². The van der Waals surface area contributed by atoms with E-state index in [4.69, 9.17) is 15.2 Å². The number of para-hydroxylation sites is 1. The summed E-state index contributed by atoms with van der Waals surface area (Å²) in [5.41, 5.74) is 9.54. The second-order valence-electron chi connectivity index (χ2n) is 6.31. The smallest absolute Gasteiger partial charge is 0.189 e. The van der Waals surface area contributed by atoms with Gasteiger partial charge in [0.05, 0.1) is 19.2 Å². The van der Waals surface area contributed by atoms with Gasteiger partial charge in [-0.25, -0.2) is 4.99 Å². The molecule has 1 aliphatic rings. The maximum atomic E-state index is 6.03. The van der Waals surface area contributed by atoms with Crippen LogP contribution in [0, 0.1) is 13.8 Å². The van der Waals surface area contributed by atoms with E-state index in [0.717, 1.165) is 23.5 Å². The first-order valence-electron chi connectivity index (χ1n) is 8.61. The highest BCUT2D eigenvalue weighted by atomic mass is 127. The molecule has 3 rings (SSSR count). The monoisotopic (exact) mass is 467 g/mol. The number of nitrogens with zero attached hydrogens (tertiary/aromatic N) is 1. The Hall–Kier alpha value is -1.96. The Morgan fingerprint density at radius 3 is 2.73 bits per heavy atom. The molecule has 2 aromatic rings. The van der Waals surface area contributed by atoms with Crippen molar-refractivity contribution in [2.75, 3.05) is 19.8 Å². The first-order valence-corrected chi connectivity index (χ1v) is 8.61. The van der Waals surface area contributed by atoms with Crippen molar-refractivity contribution in [3.05, 3.63) is 59.2 Å². The minimum atomic E-state index is 0. The lowest BCUT2D eigenvalue weighted by atomic mass is 10.0. The van der Waals surface area contributed by atoms with Crippen molar-refractivity contribution in [1.82, 2.24) is 5.32 Å². The van der Waals surface area contributed by atoms with Gasteiger partial charge >= 0.3 is 0 Å². The zero-order valence-corrected chi connectivity index (χ0v) is 17.5. The van der Waals surface area contributed by atoms with Gasteiger partial charge in [-0.2, -0.15) is 0 Å². The van der Waals surface area contributed by atoms with Crippen LogP contribution in [0.4, 0.5) is 0 Å². The maximum absolute atomic E-state index is 6.03. The van der Waals surface area contributed by atoms with E-state index in [9.17, 15) is 0 Å². The largest absolute Gasteiger partial charge is 0.493 e. The lowest BCUT2D eigenvalue weighted by Gasteiger charge is -2.26. The summed E-state index contributed by atoms with van der Waals surface area (Å²) < 4.78 is 11.4. The summed E-state index contributed by atoms with van der Waals surface area (Å²) in [6, 6.07) is 14.3. The molecule has 0 saturated carbocycles. The van der Waals surface area contributed by atoms with Crippen molar-refractivity contribution in [2.24, 2.45) is 10.7 Å². The number of aryl methyl sites for hydroxylation is 2. The molecule has 140 valence electrons. The van der Waals surface area contributed by atoms with Crippen LogP contribution in [0.3, 0.4) is 0 Å². The molecule has 6 heteroatoms. The number of halogens is 1. The van der Waals surface area contributed by atoms with Gasteiger partial charge in [0.25, 0.3) is 0 Å². The molecule has 0 radical (unpaired) electrons. The fourth-order valence-electron chi connectivity index (χ4n) is 3.06. The van der Waals surface area contributed by atoms with Crippen LogP contribution in [-0.2, 0) is 0 Å². The third kappa shape index (κ3) is 5.52. The average Bonchev–Trinajstić information content (AvgIpc) is 2.58. The predicted octanol–water partition coefficient (Wildman–Crippen LogP) is 3.73. The van der Waals surface area contributed by atoms with Crippen LogP contribution in [0.15, 0.2) is 47.5 Å². The molecule has 0 aromatic heterocycles. The Kier molecular flexibility index (Phi) is 7.56. The number of rotatable bonds is 5. The second kappa shape index (κ2) is 9.66. The highest BCUT2D eigenvalue weighted by Crippen LogP contribution is 2.31. The quantitative estimate of drug-likeness (QED) is 0.305. The predicted molar refractivity (Wildman–Crippen MR) is 116 cm³/mol. The number of hydrogen-bond donors (Lipinski definition) is 2. The second-order valence-corrected chi connectivity index (χ2v) is 6.31. The molecule has 0 fully saturated rings. The van der Waals surface area contributed by atoms with E-state index in [1.807, 2.05) is 30.3 Å². The average molecular weight is 467 g/mol. The number of aliphatic imine (C=N–C) groups is 1. The van der Waals surface area contributed by atoms with E-state index in [1.54, 1.807) is 0 Å². The fourth-order valence-corrected chi connectivity index (χ4v) is 3.06. The molecule has 0 amide bonds. The summed E-state index contributed by atoms with van der Waals surface area (Å²) in [7, 11) is 0. The third-order valence-electron chi connectivity index (χ3n) is 4.12. The number of ether oxygens (including phenoxy) is 2. The number of nitrogens with one attached hydrogen (secondary N) is 1. The van der Waals surface area contributed by atoms with Crippen molar-refractivity contribution < 1.29 is 9.47 Å². The molecule has 1 atom stereocenters. The standard InChI is InChI=1S/C20H25N3O2.HI/c1-14-11-15(2)13-16(12-14)24-10-8-22-20(21)23-18-7-9-25-19-6-4-3-5-17(18)19;/h3-6,11-13,18H,7-10H2,1-2H3,(H3,21,22,23);1H. The number of fused-ring (bicyclic) bond motifs is 1. The molecule has 1 unspecified atom stereocenters. The summed E-state index contributed by atoms with van der Waals surface area (Å²) in [5.74, 6) is 2.22. The van der Waals surface area contributed by atoms with Gasteiger partial charge in [-0.05, 0) is 43.2 Å². The zero-order chi connectivity index (χ0) is 17.6. The van der Waals surface area contributed by atoms with Crippen molar-refractivity contribution in [3.8, 4) is 11.5 Å². The molecule has 0 aliphatic carbocycles. The molecule has 0 saturated heterocycles. The number of benzene rings is 2. The Labute approximate surface area is 172 Å². The number of nitrogens with two attached hydrogens (primary N) is 1. The van der Waals surface area contributed by atoms with E-state index in [1.165, 1.54) is 11.1 Å². The summed E-state index contributed by atoms with van der Waals surface area (Å²) >= 11 is 0. The third-order valence-corrected chi connectivity index (χ3v) is 4.12. The van der Waals surface area contributed by atoms with Crippen LogP contribution in [0.5, 0.6) is 11.5 Å². The van der Waals surface area contributed by atoms with Crippen molar-refractivity contribution in [2.45, 2.75) is 26.3 Å². The Morgan fingerprint density at radius 1 is 1.23 bits per heavy atom. The van der Waals surface area contributed by atoms with E-state index < -0.39 is 0 Å². The minimum Gasteiger partial charge on any atom is -0.493 e. The molecule has 1 heterocycles. The SMILES string of the molecule is Cc1cc(C)cc(OCCN=C(N)NC2CCOc3ccccc32)c1.I. The van der Waals surface area contributed by atoms with Gasteiger partial charge in [-0.1, -0.05) is 24.3 Å². The van der Waals surface area contributed by atoms with Gasteiger partial charge < -0.3 is 20.5 Å². The normalized spacial score (nSPS) is 16.1. The van der Waals surface area contributed by atoms with Gasteiger partial charge in [-0.15, -0.1) is 24.0 Å². The van der Waals surface area contributed by atoms with E-state index in [2.05, 4.69) is 36.3 Å².